The van der Waals surface area contributed by atoms with Crippen LogP contribution in [-0.2, 0) is 4.79 Å². The number of benzene rings is 1. The molecule has 1 aliphatic rings. The average Bonchev–Trinajstić information content (AvgIpc) is 2.64. The highest BCUT2D eigenvalue weighted by Gasteiger charge is 2.30. The Balaban J connectivity index is 2.24. The number of carbonyl (C=O) groups is 1. The van der Waals surface area contributed by atoms with Crippen LogP contribution in [0.1, 0.15) is 6.42 Å². The van der Waals surface area contributed by atoms with Gasteiger partial charge in [-0.05, 0) is 46.7 Å². The Morgan fingerprint density at radius 3 is 2.88 bits per heavy atom. The highest BCUT2D eigenvalue weighted by Crippen LogP contribution is 2.27. The van der Waals surface area contributed by atoms with E-state index in [-0.39, 0.29) is 17.6 Å². The van der Waals surface area contributed by atoms with E-state index in [0.717, 1.165) is 0 Å². The zero-order valence-corrected chi connectivity index (χ0v) is 11.3. The number of halogens is 3. The maximum absolute atomic E-state index is 13.4. The first-order chi connectivity index (χ1) is 7.61. The molecule has 1 fully saturated rings. The summed E-state index contributed by atoms with van der Waals surface area (Å²) in [6.45, 7) is 0.586. The molecule has 0 spiro atoms. The van der Waals surface area contributed by atoms with Crippen LogP contribution in [0.25, 0.3) is 0 Å². The molecule has 1 aromatic rings. The average molecular weight is 354 g/mol. The fraction of sp³-hybridized carbons (Fsp3) is 0.364. The molecule has 0 aromatic heterocycles. The summed E-state index contributed by atoms with van der Waals surface area (Å²) in [5.74, 6) is 0.373. The predicted octanol–water partition coefficient (Wildman–Crippen LogP) is 3.02. The van der Waals surface area contributed by atoms with Crippen molar-refractivity contribution in [3.8, 4) is 0 Å². The van der Waals surface area contributed by atoms with Crippen LogP contribution in [0.15, 0.2) is 18.2 Å². The predicted molar refractivity (Wildman–Crippen MR) is 70.3 cm³/mol. The van der Waals surface area contributed by atoms with Crippen LogP contribution in [0, 0.1) is 15.3 Å². The number of amides is 1. The largest absolute Gasteiger partial charge is 0.312 e. The third-order valence-electron chi connectivity index (χ3n) is 2.64. The van der Waals surface area contributed by atoms with E-state index in [9.17, 15) is 9.18 Å². The second-order valence-electron chi connectivity index (χ2n) is 3.83. The van der Waals surface area contributed by atoms with Gasteiger partial charge in [-0.1, -0.05) is 0 Å². The fourth-order valence-electron chi connectivity index (χ4n) is 1.79. The van der Waals surface area contributed by atoms with Gasteiger partial charge in [-0.2, -0.15) is 0 Å². The molecule has 2 nitrogen and oxygen atoms in total. The minimum absolute atomic E-state index is 0.0197. The van der Waals surface area contributed by atoms with Gasteiger partial charge in [0, 0.05) is 28.1 Å². The molecule has 1 amide bonds. The molecule has 5 heteroatoms. The summed E-state index contributed by atoms with van der Waals surface area (Å²) in [6.07, 6.45) is 0.455. The summed E-state index contributed by atoms with van der Waals surface area (Å²) in [5, 5.41) is 0. The van der Waals surface area contributed by atoms with Gasteiger partial charge in [0.05, 0.1) is 0 Å². The summed E-state index contributed by atoms with van der Waals surface area (Å²) in [7, 11) is 0. The highest BCUT2D eigenvalue weighted by molar-refractivity contribution is 14.1. The van der Waals surface area contributed by atoms with Gasteiger partial charge in [-0.3, -0.25) is 4.79 Å². The van der Waals surface area contributed by atoms with E-state index in [0.29, 0.717) is 28.1 Å². The topological polar surface area (TPSA) is 20.3 Å². The third-order valence-corrected chi connectivity index (χ3v) is 3.95. The van der Waals surface area contributed by atoms with Crippen molar-refractivity contribution in [3.05, 3.63) is 27.6 Å². The molecule has 0 bridgehead atoms. The van der Waals surface area contributed by atoms with Gasteiger partial charge in [-0.15, -0.1) is 11.6 Å². The lowest BCUT2D eigenvalue weighted by molar-refractivity contribution is -0.117. The number of hydrogen-bond acceptors (Lipinski definition) is 1. The molecule has 2 rings (SSSR count). The summed E-state index contributed by atoms with van der Waals surface area (Å²) in [6, 6.07) is 4.84. The summed E-state index contributed by atoms with van der Waals surface area (Å²) in [4.78, 5) is 13.3. The molecule has 0 N–H and O–H groups in total. The van der Waals surface area contributed by atoms with Crippen molar-refractivity contribution in [3.63, 3.8) is 0 Å². The second-order valence-corrected chi connectivity index (χ2v) is 5.30. The van der Waals surface area contributed by atoms with Gasteiger partial charge >= 0.3 is 0 Å². The number of alkyl halides is 1. The van der Waals surface area contributed by atoms with E-state index in [1.807, 2.05) is 22.6 Å². The summed E-state index contributed by atoms with van der Waals surface area (Å²) >= 11 is 7.65. The van der Waals surface area contributed by atoms with Gasteiger partial charge in [0.25, 0.3) is 0 Å². The minimum Gasteiger partial charge on any atom is -0.312 e. The van der Waals surface area contributed by atoms with E-state index in [2.05, 4.69) is 0 Å². The van der Waals surface area contributed by atoms with Crippen molar-refractivity contribution in [2.24, 2.45) is 5.92 Å². The number of hydrogen-bond donors (Lipinski definition) is 0. The van der Waals surface area contributed by atoms with Crippen LogP contribution in [0.2, 0.25) is 0 Å². The SMILES string of the molecule is O=C1CC(CCl)CN1c1ccc(I)c(F)c1. The van der Waals surface area contributed by atoms with Gasteiger partial charge in [0.2, 0.25) is 5.91 Å². The normalized spacial score (nSPS) is 20.6. The van der Waals surface area contributed by atoms with Crippen LogP contribution >= 0.6 is 34.2 Å². The molecule has 1 aliphatic heterocycles. The highest BCUT2D eigenvalue weighted by atomic mass is 127. The molecule has 1 heterocycles. The van der Waals surface area contributed by atoms with E-state index in [1.165, 1.54) is 6.07 Å². The molecule has 1 saturated heterocycles. The Bertz CT molecular complexity index is 426. The Labute approximate surface area is 112 Å². The Morgan fingerprint density at radius 2 is 2.31 bits per heavy atom. The van der Waals surface area contributed by atoms with Crippen LogP contribution in [0.5, 0.6) is 0 Å². The van der Waals surface area contributed by atoms with Crippen molar-refractivity contribution in [2.45, 2.75) is 6.42 Å². The van der Waals surface area contributed by atoms with Gasteiger partial charge in [0.1, 0.15) is 5.82 Å². The number of anilines is 1. The zero-order valence-electron chi connectivity index (χ0n) is 8.42. The third kappa shape index (κ3) is 2.32. The lowest BCUT2D eigenvalue weighted by atomic mass is 10.1. The van der Waals surface area contributed by atoms with Crippen molar-refractivity contribution >= 4 is 45.8 Å². The van der Waals surface area contributed by atoms with E-state index >= 15 is 0 Å². The van der Waals surface area contributed by atoms with Crippen LogP contribution < -0.4 is 4.90 Å². The lowest BCUT2D eigenvalue weighted by Crippen LogP contribution is -2.24. The molecule has 1 aromatic carbocycles. The first-order valence-corrected chi connectivity index (χ1v) is 6.54. The molecular weight excluding hydrogens is 343 g/mol. The number of nitrogens with zero attached hydrogens (tertiary/aromatic N) is 1. The Kier molecular flexibility index (Phi) is 3.69. The molecule has 0 saturated carbocycles. The zero-order chi connectivity index (χ0) is 11.7. The molecule has 86 valence electrons. The quantitative estimate of drug-likeness (QED) is 0.591. The van der Waals surface area contributed by atoms with Crippen molar-refractivity contribution < 1.29 is 9.18 Å². The standard InChI is InChI=1S/C11H10ClFINO/c12-5-7-3-11(16)15(6-7)8-1-2-10(14)9(13)4-8/h1-2,4,7H,3,5-6H2. The van der Waals surface area contributed by atoms with E-state index in [4.69, 9.17) is 11.6 Å². The molecule has 1 atom stereocenters. The molecule has 0 aliphatic carbocycles. The van der Waals surface area contributed by atoms with Crippen molar-refractivity contribution in [1.82, 2.24) is 0 Å². The number of carbonyl (C=O) groups excluding carboxylic acids is 1. The fourth-order valence-corrected chi connectivity index (χ4v) is 2.33. The maximum atomic E-state index is 13.4. The summed E-state index contributed by atoms with van der Waals surface area (Å²) < 4.78 is 13.9. The molecule has 1 unspecified atom stereocenters. The smallest absolute Gasteiger partial charge is 0.227 e. The van der Waals surface area contributed by atoms with Gasteiger partial charge < -0.3 is 4.90 Å². The molecule has 0 radical (unpaired) electrons. The van der Waals surface area contributed by atoms with Crippen molar-refractivity contribution in [2.75, 3.05) is 17.3 Å². The molecular formula is C11H10ClFINO. The van der Waals surface area contributed by atoms with E-state index in [1.54, 1.807) is 17.0 Å². The maximum Gasteiger partial charge on any atom is 0.227 e. The van der Waals surface area contributed by atoms with E-state index < -0.39 is 0 Å². The summed E-state index contributed by atoms with van der Waals surface area (Å²) in [5.41, 5.74) is 0.621. The molecule has 16 heavy (non-hydrogen) atoms. The second kappa shape index (κ2) is 4.87. The van der Waals surface area contributed by atoms with Crippen LogP contribution in [0.3, 0.4) is 0 Å². The minimum atomic E-state index is -0.291. The lowest BCUT2D eigenvalue weighted by Gasteiger charge is -2.16. The number of rotatable bonds is 2. The Morgan fingerprint density at radius 1 is 1.56 bits per heavy atom. The van der Waals surface area contributed by atoms with Gasteiger partial charge in [0.15, 0.2) is 0 Å². The first-order valence-electron chi connectivity index (χ1n) is 4.93. The van der Waals surface area contributed by atoms with Gasteiger partial charge in [-0.25, -0.2) is 4.39 Å². The monoisotopic (exact) mass is 353 g/mol. The van der Waals surface area contributed by atoms with Crippen molar-refractivity contribution in [1.29, 1.82) is 0 Å². The first kappa shape index (κ1) is 12.1. The Hall–Kier alpha value is -0.360. The van der Waals surface area contributed by atoms with Crippen LogP contribution in [0.4, 0.5) is 10.1 Å². The van der Waals surface area contributed by atoms with Crippen LogP contribution in [-0.4, -0.2) is 18.3 Å².